The molecule has 0 aliphatic heterocycles. The van der Waals surface area contributed by atoms with Crippen LogP contribution in [-0.4, -0.2) is 18.1 Å². The first-order valence-corrected chi connectivity index (χ1v) is 5.98. The molecule has 0 aliphatic rings. The minimum absolute atomic E-state index is 0.345. The Hall–Kier alpha value is -1.94. The molecule has 0 saturated heterocycles. The molecule has 86 valence electrons. The van der Waals surface area contributed by atoms with Crippen LogP contribution in [0.15, 0.2) is 41.4 Å². The van der Waals surface area contributed by atoms with Gasteiger partial charge in [0.2, 0.25) is 0 Å². The number of hydrogen-bond donors (Lipinski definition) is 0. The number of ether oxygens (including phenoxy) is 1. The summed E-state index contributed by atoms with van der Waals surface area (Å²) in [4.78, 5) is 15.7. The number of pyridine rings is 1. The van der Waals surface area contributed by atoms with E-state index >= 15 is 0 Å². The number of rotatable bonds is 3. The van der Waals surface area contributed by atoms with Crippen molar-refractivity contribution >= 4 is 29.0 Å². The van der Waals surface area contributed by atoms with Crippen LogP contribution < -0.4 is 0 Å². The summed E-state index contributed by atoms with van der Waals surface area (Å²) in [5.74, 6) is -0.345. The van der Waals surface area contributed by atoms with Crippen LogP contribution in [0.2, 0.25) is 0 Å². The fourth-order valence-corrected chi connectivity index (χ4v) is 2.04. The van der Waals surface area contributed by atoms with E-state index in [9.17, 15) is 4.79 Å². The molecular formula is C13H11NO2S. The number of esters is 1. The zero-order valence-corrected chi connectivity index (χ0v) is 10.1. The number of hydrogen-bond acceptors (Lipinski definition) is 4. The second kappa shape index (κ2) is 5.41. The topological polar surface area (TPSA) is 39.2 Å². The first-order valence-electron chi connectivity index (χ1n) is 5.04. The van der Waals surface area contributed by atoms with E-state index < -0.39 is 0 Å². The van der Waals surface area contributed by atoms with Gasteiger partial charge in [0, 0.05) is 12.4 Å². The molecule has 0 saturated carbocycles. The van der Waals surface area contributed by atoms with E-state index in [0.29, 0.717) is 5.57 Å². The number of nitrogens with zero attached hydrogens (tertiary/aromatic N) is 1. The summed E-state index contributed by atoms with van der Waals surface area (Å²) in [7, 11) is 1.38. The fourth-order valence-electron chi connectivity index (χ4n) is 1.43. The lowest BCUT2D eigenvalue weighted by Crippen LogP contribution is -2.03. The highest BCUT2D eigenvalue weighted by atomic mass is 32.1. The van der Waals surface area contributed by atoms with Gasteiger partial charge in [-0.15, -0.1) is 0 Å². The maximum Gasteiger partial charge on any atom is 0.338 e. The highest BCUT2D eigenvalue weighted by molar-refractivity contribution is 7.08. The van der Waals surface area contributed by atoms with Crippen LogP contribution in [0.4, 0.5) is 0 Å². The Morgan fingerprint density at radius 2 is 2.12 bits per heavy atom. The van der Waals surface area contributed by atoms with Crippen LogP contribution in [0.3, 0.4) is 0 Å². The van der Waals surface area contributed by atoms with Gasteiger partial charge in [-0.3, -0.25) is 4.98 Å². The van der Waals surface area contributed by atoms with E-state index in [-0.39, 0.29) is 5.97 Å². The van der Waals surface area contributed by atoms with Gasteiger partial charge in [0.05, 0.1) is 12.7 Å². The summed E-state index contributed by atoms with van der Waals surface area (Å²) in [5, 5.41) is 3.94. The molecule has 3 nitrogen and oxygen atoms in total. The van der Waals surface area contributed by atoms with Crippen LogP contribution in [0.25, 0.3) is 11.6 Å². The van der Waals surface area contributed by atoms with Gasteiger partial charge in [0.25, 0.3) is 0 Å². The van der Waals surface area contributed by atoms with Gasteiger partial charge in [-0.2, -0.15) is 11.3 Å². The summed E-state index contributed by atoms with van der Waals surface area (Å²) in [6.07, 6.45) is 5.12. The predicted octanol–water partition coefficient (Wildman–Crippen LogP) is 2.86. The molecule has 0 radical (unpaired) electrons. The Balaban J connectivity index is 2.43. The average Bonchev–Trinajstić information content (AvgIpc) is 2.89. The normalized spacial score (nSPS) is 11.2. The van der Waals surface area contributed by atoms with Crippen LogP contribution in [0.5, 0.6) is 0 Å². The molecular weight excluding hydrogens is 234 g/mol. The summed E-state index contributed by atoms with van der Waals surface area (Å²) >= 11 is 1.59. The van der Waals surface area contributed by atoms with Gasteiger partial charge >= 0.3 is 5.97 Å². The molecule has 0 aromatic carbocycles. The number of thiophene rings is 1. The molecule has 0 fully saturated rings. The minimum atomic E-state index is -0.345. The van der Waals surface area contributed by atoms with Crippen molar-refractivity contribution < 1.29 is 9.53 Å². The Kier molecular flexibility index (Phi) is 3.67. The molecule has 0 unspecified atom stereocenters. The standard InChI is InChI=1S/C13H11NO2S/c1-16-13(15)12(8-10-4-7-17-9-10)11-2-5-14-6-3-11/h2-9H,1H3/b12-8-. The van der Waals surface area contributed by atoms with Crippen LogP contribution in [-0.2, 0) is 9.53 Å². The minimum Gasteiger partial charge on any atom is -0.465 e. The number of methoxy groups -OCH3 is 1. The zero-order chi connectivity index (χ0) is 12.1. The highest BCUT2D eigenvalue weighted by Crippen LogP contribution is 2.20. The number of carbonyl (C=O) groups is 1. The smallest absolute Gasteiger partial charge is 0.338 e. The summed E-state index contributed by atoms with van der Waals surface area (Å²) in [6.45, 7) is 0. The van der Waals surface area contributed by atoms with Crippen molar-refractivity contribution in [3.05, 3.63) is 52.5 Å². The van der Waals surface area contributed by atoms with Crippen molar-refractivity contribution in [3.8, 4) is 0 Å². The lowest BCUT2D eigenvalue weighted by atomic mass is 10.1. The van der Waals surface area contributed by atoms with Gasteiger partial charge in [-0.1, -0.05) is 0 Å². The van der Waals surface area contributed by atoms with Crippen molar-refractivity contribution in [2.24, 2.45) is 0 Å². The molecule has 2 rings (SSSR count). The molecule has 4 heteroatoms. The summed E-state index contributed by atoms with van der Waals surface area (Å²) < 4.78 is 4.79. The van der Waals surface area contributed by atoms with Crippen molar-refractivity contribution in [2.45, 2.75) is 0 Å². The molecule has 0 N–H and O–H groups in total. The lowest BCUT2D eigenvalue weighted by molar-refractivity contribution is -0.133. The predicted molar refractivity (Wildman–Crippen MR) is 68.4 cm³/mol. The van der Waals surface area contributed by atoms with E-state index in [1.165, 1.54) is 7.11 Å². The van der Waals surface area contributed by atoms with Gasteiger partial charge in [-0.05, 0) is 46.2 Å². The lowest BCUT2D eigenvalue weighted by Gasteiger charge is -2.04. The van der Waals surface area contributed by atoms with E-state index in [1.807, 2.05) is 22.9 Å². The third-order valence-electron chi connectivity index (χ3n) is 2.25. The van der Waals surface area contributed by atoms with Gasteiger partial charge in [0.1, 0.15) is 0 Å². The first kappa shape index (κ1) is 11.5. The molecule has 2 heterocycles. The third kappa shape index (κ3) is 2.79. The van der Waals surface area contributed by atoms with E-state index in [2.05, 4.69) is 4.98 Å². The molecule has 2 aromatic heterocycles. The molecule has 0 amide bonds. The molecule has 17 heavy (non-hydrogen) atoms. The Morgan fingerprint density at radius 3 is 2.71 bits per heavy atom. The van der Waals surface area contributed by atoms with Crippen molar-refractivity contribution in [1.29, 1.82) is 0 Å². The fraction of sp³-hybridized carbons (Fsp3) is 0.0769. The SMILES string of the molecule is COC(=O)/C(=C\c1ccsc1)c1ccncc1. The largest absolute Gasteiger partial charge is 0.465 e. The van der Waals surface area contributed by atoms with E-state index in [4.69, 9.17) is 4.74 Å². The molecule has 2 aromatic rings. The van der Waals surface area contributed by atoms with Crippen LogP contribution in [0.1, 0.15) is 11.1 Å². The Labute approximate surface area is 103 Å². The monoisotopic (exact) mass is 245 g/mol. The van der Waals surface area contributed by atoms with Crippen LogP contribution >= 0.6 is 11.3 Å². The van der Waals surface area contributed by atoms with Crippen molar-refractivity contribution in [1.82, 2.24) is 4.98 Å². The van der Waals surface area contributed by atoms with Crippen LogP contribution in [0, 0.1) is 0 Å². The molecule has 0 bridgehead atoms. The third-order valence-corrected chi connectivity index (χ3v) is 2.95. The molecule has 0 spiro atoms. The second-order valence-electron chi connectivity index (χ2n) is 3.34. The van der Waals surface area contributed by atoms with E-state index in [0.717, 1.165) is 11.1 Å². The zero-order valence-electron chi connectivity index (χ0n) is 9.29. The van der Waals surface area contributed by atoms with Crippen molar-refractivity contribution in [3.63, 3.8) is 0 Å². The molecule has 0 atom stereocenters. The summed E-state index contributed by atoms with van der Waals surface area (Å²) in [6, 6.07) is 5.53. The molecule has 0 aliphatic carbocycles. The average molecular weight is 245 g/mol. The van der Waals surface area contributed by atoms with Gasteiger partial charge < -0.3 is 4.74 Å². The number of aromatic nitrogens is 1. The highest BCUT2D eigenvalue weighted by Gasteiger charge is 2.12. The van der Waals surface area contributed by atoms with Gasteiger partial charge in [-0.25, -0.2) is 4.79 Å². The maximum absolute atomic E-state index is 11.7. The maximum atomic E-state index is 11.7. The summed E-state index contributed by atoms with van der Waals surface area (Å²) in [5.41, 5.74) is 2.33. The Morgan fingerprint density at radius 1 is 1.35 bits per heavy atom. The number of carbonyl (C=O) groups excluding carboxylic acids is 1. The quantitative estimate of drug-likeness (QED) is 0.616. The first-order chi connectivity index (χ1) is 8.31. The Bertz CT molecular complexity index is 518. The van der Waals surface area contributed by atoms with Crippen molar-refractivity contribution in [2.75, 3.05) is 7.11 Å². The van der Waals surface area contributed by atoms with E-state index in [1.54, 1.807) is 35.9 Å². The van der Waals surface area contributed by atoms with Gasteiger partial charge in [0.15, 0.2) is 0 Å². The second-order valence-corrected chi connectivity index (χ2v) is 4.12.